The van der Waals surface area contributed by atoms with Gasteiger partial charge in [0.05, 0.1) is 11.3 Å². The molecule has 4 aromatic rings. The highest BCUT2D eigenvalue weighted by atomic mass is 35.5. The molecular weight excluding hydrogens is 430 g/mol. The maximum absolute atomic E-state index is 12.8. The molecule has 0 saturated carbocycles. The van der Waals surface area contributed by atoms with Gasteiger partial charge in [-0.05, 0) is 61.4 Å². The van der Waals surface area contributed by atoms with Gasteiger partial charge in [-0.2, -0.15) is 4.98 Å². The molecule has 1 N–H and O–H groups in total. The molecule has 148 valence electrons. The molecule has 6 nitrogen and oxygen atoms in total. The molecule has 0 spiro atoms. The summed E-state index contributed by atoms with van der Waals surface area (Å²) in [6.07, 6.45) is 0. The van der Waals surface area contributed by atoms with Crippen molar-refractivity contribution in [3.63, 3.8) is 0 Å². The summed E-state index contributed by atoms with van der Waals surface area (Å²) in [5.74, 6) is 0.653. The molecule has 0 bridgehead atoms. The average Bonchev–Trinajstić information content (AvgIpc) is 3.36. The highest BCUT2D eigenvalue weighted by Crippen LogP contribution is 2.31. The first-order valence-corrected chi connectivity index (χ1v) is 11.4. The standard InChI is InChI=1S/C20H16ClN3O3S2/c1-12-4-3-5-17(13(12)2)24-29(25,26)18-10-15(11-28-18)20-22-19(23-27-20)14-6-8-16(21)9-7-14/h3-11,24H,1-2H3. The quantitative estimate of drug-likeness (QED) is 0.436. The molecular formula is C20H16ClN3O3S2. The van der Waals surface area contributed by atoms with Crippen LogP contribution in [0.5, 0.6) is 0 Å². The minimum absolute atomic E-state index is 0.166. The topological polar surface area (TPSA) is 85.1 Å². The molecule has 0 unspecified atom stereocenters. The number of aromatic nitrogens is 2. The predicted octanol–water partition coefficient (Wildman–Crippen LogP) is 5.54. The molecule has 0 amide bonds. The van der Waals surface area contributed by atoms with E-state index in [9.17, 15) is 8.42 Å². The van der Waals surface area contributed by atoms with Crippen molar-refractivity contribution in [3.05, 3.63) is 70.1 Å². The third-order valence-corrected chi connectivity index (χ3v) is 7.52. The maximum Gasteiger partial charge on any atom is 0.271 e. The van der Waals surface area contributed by atoms with Gasteiger partial charge in [0.1, 0.15) is 4.21 Å². The molecule has 0 radical (unpaired) electrons. The van der Waals surface area contributed by atoms with Crippen molar-refractivity contribution in [2.45, 2.75) is 18.1 Å². The number of rotatable bonds is 5. The zero-order valence-electron chi connectivity index (χ0n) is 15.5. The van der Waals surface area contributed by atoms with Crippen molar-refractivity contribution in [1.82, 2.24) is 10.1 Å². The second kappa shape index (κ2) is 7.62. The van der Waals surface area contributed by atoms with E-state index in [1.54, 1.807) is 35.7 Å². The van der Waals surface area contributed by atoms with Gasteiger partial charge in [-0.1, -0.05) is 28.9 Å². The van der Waals surface area contributed by atoms with Gasteiger partial charge in [-0.15, -0.1) is 11.3 Å². The summed E-state index contributed by atoms with van der Waals surface area (Å²) >= 11 is 6.99. The van der Waals surface area contributed by atoms with Gasteiger partial charge in [0.25, 0.3) is 15.9 Å². The molecule has 0 fully saturated rings. The van der Waals surface area contributed by atoms with Gasteiger partial charge < -0.3 is 4.52 Å². The van der Waals surface area contributed by atoms with Crippen LogP contribution in [0.4, 0.5) is 5.69 Å². The number of nitrogens with zero attached hydrogens (tertiary/aromatic N) is 2. The molecule has 0 saturated heterocycles. The van der Waals surface area contributed by atoms with Gasteiger partial charge in [-0.25, -0.2) is 8.42 Å². The van der Waals surface area contributed by atoms with E-state index in [2.05, 4.69) is 14.9 Å². The lowest BCUT2D eigenvalue weighted by Gasteiger charge is -2.10. The van der Waals surface area contributed by atoms with Crippen LogP contribution in [0.15, 0.2) is 62.6 Å². The van der Waals surface area contributed by atoms with Gasteiger partial charge in [0.2, 0.25) is 5.82 Å². The van der Waals surface area contributed by atoms with Crippen molar-refractivity contribution >= 4 is 38.6 Å². The second-order valence-corrected chi connectivity index (χ2v) is 9.69. The zero-order chi connectivity index (χ0) is 20.6. The van der Waals surface area contributed by atoms with Crippen LogP contribution in [0.3, 0.4) is 0 Å². The number of nitrogens with one attached hydrogen (secondary N) is 1. The monoisotopic (exact) mass is 445 g/mol. The fourth-order valence-electron chi connectivity index (χ4n) is 2.68. The number of hydrogen-bond acceptors (Lipinski definition) is 6. The molecule has 0 aliphatic carbocycles. The van der Waals surface area contributed by atoms with Gasteiger partial charge >= 0.3 is 0 Å². The molecule has 2 aromatic heterocycles. The normalized spacial score (nSPS) is 11.6. The van der Waals surface area contributed by atoms with E-state index in [0.717, 1.165) is 28.0 Å². The van der Waals surface area contributed by atoms with E-state index in [1.165, 1.54) is 6.07 Å². The smallest absolute Gasteiger partial charge is 0.271 e. The Morgan fingerprint density at radius 1 is 1.07 bits per heavy atom. The minimum atomic E-state index is -3.73. The highest BCUT2D eigenvalue weighted by Gasteiger charge is 2.21. The Hall–Kier alpha value is -2.68. The van der Waals surface area contributed by atoms with Crippen LogP contribution in [0.25, 0.3) is 22.8 Å². The fourth-order valence-corrected chi connectivity index (χ4v) is 5.09. The average molecular weight is 446 g/mol. The van der Waals surface area contributed by atoms with Crippen molar-refractivity contribution in [3.8, 4) is 22.8 Å². The van der Waals surface area contributed by atoms with Crippen LogP contribution in [0.1, 0.15) is 11.1 Å². The van der Waals surface area contributed by atoms with Crippen molar-refractivity contribution in [2.24, 2.45) is 0 Å². The lowest BCUT2D eigenvalue weighted by Crippen LogP contribution is -2.12. The summed E-state index contributed by atoms with van der Waals surface area (Å²) in [6.45, 7) is 3.81. The van der Waals surface area contributed by atoms with Crippen LogP contribution >= 0.6 is 22.9 Å². The van der Waals surface area contributed by atoms with Crippen molar-refractivity contribution in [2.75, 3.05) is 4.72 Å². The predicted molar refractivity (Wildman–Crippen MR) is 115 cm³/mol. The number of thiophene rings is 1. The number of benzene rings is 2. The Kier molecular flexibility index (Phi) is 5.16. The van der Waals surface area contributed by atoms with Crippen LogP contribution in [-0.4, -0.2) is 18.6 Å². The number of aryl methyl sites for hydroxylation is 1. The van der Waals surface area contributed by atoms with Crippen LogP contribution in [0, 0.1) is 13.8 Å². The van der Waals surface area contributed by atoms with Crippen molar-refractivity contribution in [1.29, 1.82) is 0 Å². The first kappa shape index (κ1) is 19.6. The van der Waals surface area contributed by atoms with E-state index in [4.69, 9.17) is 16.1 Å². The fraction of sp³-hybridized carbons (Fsp3) is 0.100. The summed E-state index contributed by atoms with van der Waals surface area (Å²) in [6, 6.07) is 14.1. The Morgan fingerprint density at radius 2 is 1.83 bits per heavy atom. The summed E-state index contributed by atoms with van der Waals surface area (Å²) in [5, 5.41) is 6.25. The molecule has 0 aliphatic rings. The molecule has 29 heavy (non-hydrogen) atoms. The van der Waals surface area contributed by atoms with Crippen molar-refractivity contribution < 1.29 is 12.9 Å². The number of sulfonamides is 1. The van der Waals surface area contributed by atoms with E-state index in [0.29, 0.717) is 22.1 Å². The van der Waals surface area contributed by atoms with E-state index in [-0.39, 0.29) is 10.1 Å². The zero-order valence-corrected chi connectivity index (χ0v) is 17.9. The van der Waals surface area contributed by atoms with E-state index >= 15 is 0 Å². The lowest BCUT2D eigenvalue weighted by molar-refractivity contribution is 0.432. The molecule has 2 heterocycles. The second-order valence-electron chi connectivity index (χ2n) is 6.44. The van der Waals surface area contributed by atoms with Crippen LogP contribution in [0.2, 0.25) is 5.02 Å². The third-order valence-electron chi connectivity index (χ3n) is 4.46. The minimum Gasteiger partial charge on any atom is -0.334 e. The first-order valence-electron chi connectivity index (χ1n) is 8.61. The summed E-state index contributed by atoms with van der Waals surface area (Å²) in [7, 11) is -3.73. The Balaban J connectivity index is 1.59. The molecule has 9 heteroatoms. The van der Waals surface area contributed by atoms with E-state index < -0.39 is 10.0 Å². The maximum atomic E-state index is 12.8. The lowest BCUT2D eigenvalue weighted by atomic mass is 10.1. The molecule has 2 aromatic carbocycles. The van der Waals surface area contributed by atoms with Crippen LogP contribution < -0.4 is 4.72 Å². The first-order chi connectivity index (χ1) is 13.8. The van der Waals surface area contributed by atoms with Gasteiger partial charge in [0, 0.05) is 16.0 Å². The third kappa shape index (κ3) is 4.05. The Morgan fingerprint density at radius 3 is 2.59 bits per heavy atom. The number of anilines is 1. The SMILES string of the molecule is Cc1cccc(NS(=O)(=O)c2cc(-c3nc(-c4ccc(Cl)cc4)no3)cs2)c1C. The summed E-state index contributed by atoms with van der Waals surface area (Å²) in [4.78, 5) is 4.36. The highest BCUT2D eigenvalue weighted by molar-refractivity contribution is 7.94. The summed E-state index contributed by atoms with van der Waals surface area (Å²) in [5.41, 5.74) is 3.76. The largest absolute Gasteiger partial charge is 0.334 e. The summed E-state index contributed by atoms with van der Waals surface area (Å²) < 4.78 is 33.7. The molecule has 4 rings (SSSR count). The Bertz CT molecular complexity index is 1280. The van der Waals surface area contributed by atoms with Gasteiger partial charge in [0.15, 0.2) is 0 Å². The van der Waals surface area contributed by atoms with Gasteiger partial charge in [-0.3, -0.25) is 4.72 Å². The molecule has 0 aliphatic heterocycles. The number of halogens is 1. The Labute approximate surface area is 177 Å². The number of hydrogen-bond donors (Lipinski definition) is 1. The molecule has 0 atom stereocenters. The van der Waals surface area contributed by atoms with E-state index in [1.807, 2.05) is 26.0 Å². The van der Waals surface area contributed by atoms with Crippen LogP contribution in [-0.2, 0) is 10.0 Å².